The Labute approximate surface area is 205 Å². The zero-order valence-corrected chi connectivity index (χ0v) is 19.2. The number of aryl methyl sites for hydroxylation is 1. The second-order valence-corrected chi connectivity index (χ2v) is 7.98. The number of aromatic nitrogens is 3. The molecular weight excluding hydrogens is 505 g/mol. The molecule has 0 unspecified atom stereocenters. The second-order valence-electron chi connectivity index (χ2n) is 7.98. The van der Waals surface area contributed by atoms with Crippen LogP contribution in [0.25, 0.3) is 11.3 Å². The van der Waals surface area contributed by atoms with E-state index in [4.69, 9.17) is 4.74 Å². The summed E-state index contributed by atoms with van der Waals surface area (Å²) >= 11 is 0. The Bertz CT molecular complexity index is 1510. The van der Waals surface area contributed by atoms with Gasteiger partial charge in [0.15, 0.2) is 29.0 Å². The van der Waals surface area contributed by atoms with Crippen molar-refractivity contribution in [3.05, 3.63) is 86.8 Å². The Balaban J connectivity index is 1.61. The van der Waals surface area contributed by atoms with Crippen molar-refractivity contribution in [2.24, 2.45) is 0 Å². The van der Waals surface area contributed by atoms with E-state index < -0.39 is 29.5 Å². The highest BCUT2D eigenvalue weighted by Crippen LogP contribution is 2.34. The molecular formula is C24H18F5N3O5. The van der Waals surface area contributed by atoms with Gasteiger partial charge in [-0.1, -0.05) is 5.16 Å². The average molecular weight is 523 g/mol. The Morgan fingerprint density at radius 3 is 2.51 bits per heavy atom. The quantitative estimate of drug-likeness (QED) is 0.325. The third-order valence-electron chi connectivity index (χ3n) is 5.39. The van der Waals surface area contributed by atoms with Crippen LogP contribution >= 0.6 is 0 Å². The number of ether oxygens (including phenoxy) is 2. The summed E-state index contributed by atoms with van der Waals surface area (Å²) < 4.78 is 80.1. The molecule has 0 saturated carbocycles. The fourth-order valence-electron chi connectivity index (χ4n) is 3.64. The number of nitrogens with zero attached hydrogens (tertiary/aromatic N) is 2. The van der Waals surface area contributed by atoms with E-state index in [2.05, 4.69) is 24.4 Å². The number of aromatic amines is 1. The van der Waals surface area contributed by atoms with Crippen LogP contribution in [0.1, 0.15) is 28.2 Å². The molecule has 0 atom stereocenters. The van der Waals surface area contributed by atoms with Gasteiger partial charge in [0.2, 0.25) is 0 Å². The van der Waals surface area contributed by atoms with Gasteiger partial charge >= 0.3 is 12.1 Å². The first-order valence-electron chi connectivity index (χ1n) is 10.6. The van der Waals surface area contributed by atoms with E-state index in [0.717, 1.165) is 18.2 Å². The summed E-state index contributed by atoms with van der Waals surface area (Å²) in [6.45, 7) is 3.01. The van der Waals surface area contributed by atoms with Gasteiger partial charge < -0.3 is 14.6 Å². The summed E-state index contributed by atoms with van der Waals surface area (Å²) in [7, 11) is 0. The number of aromatic hydroxyl groups is 1. The normalized spacial score (nSPS) is 11.5. The van der Waals surface area contributed by atoms with E-state index in [9.17, 15) is 27.5 Å². The maximum absolute atomic E-state index is 15.0. The first kappa shape index (κ1) is 25.7. The number of halogens is 5. The molecule has 0 aliphatic rings. The van der Waals surface area contributed by atoms with Crippen LogP contribution in [0.15, 0.2) is 45.7 Å². The fraction of sp³-hybridized carbons (Fsp3) is 0.208. The number of pyridine rings is 1. The van der Waals surface area contributed by atoms with Crippen LogP contribution in [0.5, 0.6) is 17.2 Å². The minimum atomic E-state index is -5.11. The van der Waals surface area contributed by atoms with Crippen LogP contribution in [-0.2, 0) is 13.0 Å². The van der Waals surface area contributed by atoms with Gasteiger partial charge in [-0.25, -0.2) is 18.6 Å². The van der Waals surface area contributed by atoms with Gasteiger partial charge in [0.25, 0.3) is 0 Å². The molecule has 8 nitrogen and oxygen atoms in total. The summed E-state index contributed by atoms with van der Waals surface area (Å²) in [4.78, 5) is 17.6. The highest BCUT2D eigenvalue weighted by Gasteiger charge is 2.32. The lowest BCUT2D eigenvalue weighted by Crippen LogP contribution is -2.18. The highest BCUT2D eigenvalue weighted by molar-refractivity contribution is 5.67. The molecule has 2 aromatic carbocycles. The maximum atomic E-state index is 15.0. The lowest BCUT2D eigenvalue weighted by Gasteiger charge is -2.15. The summed E-state index contributed by atoms with van der Waals surface area (Å²) in [5, 5.41) is 13.7. The standard InChI is InChI=1S/C24H18F5N3O5/c1-11-7-19(35-10-20-31-23(34)37-32-20)21(26)12(2)15(11)9-14-4-6-17(33)22(30-14)13-3-5-16(25)18(8-13)36-24(27,28)29/h3-8,33H,9-10H2,1-2H3,(H,31,32,34). The Kier molecular flexibility index (Phi) is 6.88. The molecule has 37 heavy (non-hydrogen) atoms. The van der Waals surface area contributed by atoms with E-state index >= 15 is 4.39 Å². The first-order valence-corrected chi connectivity index (χ1v) is 10.6. The van der Waals surface area contributed by atoms with Crippen LogP contribution < -0.4 is 15.2 Å². The van der Waals surface area contributed by atoms with Crippen LogP contribution in [0.2, 0.25) is 0 Å². The van der Waals surface area contributed by atoms with E-state index in [1.54, 1.807) is 6.92 Å². The number of H-pyrrole nitrogens is 1. The molecule has 0 amide bonds. The molecule has 0 spiro atoms. The molecule has 2 aromatic heterocycles. The van der Waals surface area contributed by atoms with Gasteiger partial charge in [0.05, 0.1) is 0 Å². The molecule has 4 rings (SSSR count). The molecule has 0 saturated heterocycles. The predicted molar refractivity (Wildman–Crippen MR) is 118 cm³/mol. The van der Waals surface area contributed by atoms with Crippen molar-refractivity contribution in [3.63, 3.8) is 0 Å². The average Bonchev–Trinajstić information content (AvgIpc) is 3.25. The van der Waals surface area contributed by atoms with Crippen molar-refractivity contribution in [2.75, 3.05) is 0 Å². The van der Waals surface area contributed by atoms with E-state index in [1.165, 1.54) is 25.1 Å². The summed E-state index contributed by atoms with van der Waals surface area (Å²) in [5.74, 6) is -4.10. The van der Waals surface area contributed by atoms with Gasteiger partial charge in [0, 0.05) is 17.7 Å². The monoisotopic (exact) mass is 523 g/mol. The van der Waals surface area contributed by atoms with Gasteiger partial charge in [-0.15, -0.1) is 13.2 Å². The minimum absolute atomic E-state index is 0.0192. The molecule has 2 heterocycles. The van der Waals surface area contributed by atoms with Gasteiger partial charge in [-0.2, -0.15) is 0 Å². The van der Waals surface area contributed by atoms with Crippen LogP contribution in [0, 0.1) is 25.5 Å². The molecule has 0 radical (unpaired) electrons. The lowest BCUT2D eigenvalue weighted by atomic mass is 9.97. The molecule has 0 fully saturated rings. The second kappa shape index (κ2) is 9.91. The van der Waals surface area contributed by atoms with E-state index in [0.29, 0.717) is 16.8 Å². The number of nitrogens with one attached hydrogen (secondary N) is 1. The van der Waals surface area contributed by atoms with Gasteiger partial charge in [0.1, 0.15) is 18.1 Å². The smallest absolute Gasteiger partial charge is 0.506 e. The zero-order valence-electron chi connectivity index (χ0n) is 19.2. The summed E-state index contributed by atoms with van der Waals surface area (Å²) in [6, 6.07) is 6.90. The maximum Gasteiger partial charge on any atom is 0.573 e. The Morgan fingerprint density at radius 2 is 1.84 bits per heavy atom. The molecule has 4 aromatic rings. The number of alkyl halides is 3. The topological polar surface area (TPSA) is 110 Å². The van der Waals surface area contributed by atoms with Crippen LogP contribution in [0.3, 0.4) is 0 Å². The van der Waals surface area contributed by atoms with Crippen molar-refractivity contribution >= 4 is 0 Å². The molecule has 2 N–H and O–H groups in total. The van der Waals surface area contributed by atoms with Crippen molar-refractivity contribution < 1.29 is 41.1 Å². The number of benzene rings is 2. The van der Waals surface area contributed by atoms with Gasteiger partial charge in [-0.05, 0) is 66.9 Å². The molecule has 13 heteroatoms. The van der Waals surface area contributed by atoms with Crippen molar-refractivity contribution in [2.45, 2.75) is 33.2 Å². The van der Waals surface area contributed by atoms with Crippen molar-refractivity contribution in [1.29, 1.82) is 0 Å². The summed E-state index contributed by atoms with van der Waals surface area (Å²) in [6.07, 6.45) is -5.01. The van der Waals surface area contributed by atoms with Gasteiger partial charge in [-0.3, -0.25) is 9.51 Å². The largest absolute Gasteiger partial charge is 0.573 e. The van der Waals surface area contributed by atoms with E-state index in [1.807, 2.05) is 0 Å². The first-order chi connectivity index (χ1) is 17.4. The molecule has 0 aliphatic carbocycles. The zero-order chi connectivity index (χ0) is 26.9. The number of hydrogen-bond donors (Lipinski definition) is 2. The van der Waals surface area contributed by atoms with Crippen LogP contribution in [-0.4, -0.2) is 26.6 Å². The van der Waals surface area contributed by atoms with Crippen molar-refractivity contribution in [3.8, 4) is 28.5 Å². The fourth-order valence-corrected chi connectivity index (χ4v) is 3.64. The third kappa shape index (κ3) is 5.88. The molecule has 0 aliphatic heterocycles. The van der Waals surface area contributed by atoms with Crippen molar-refractivity contribution in [1.82, 2.24) is 15.1 Å². The Hall–Kier alpha value is -4.42. The van der Waals surface area contributed by atoms with Crippen LogP contribution in [0.4, 0.5) is 22.0 Å². The highest BCUT2D eigenvalue weighted by atomic mass is 19.4. The summed E-state index contributed by atoms with van der Waals surface area (Å²) in [5.41, 5.74) is 1.68. The SMILES string of the molecule is Cc1cc(OCc2noc(=O)[nH]2)c(F)c(C)c1Cc1ccc(O)c(-c2ccc(F)c(OC(F)(F)F)c2)n1. The Morgan fingerprint density at radius 1 is 1.08 bits per heavy atom. The van der Waals surface area contributed by atoms with E-state index in [-0.39, 0.29) is 47.2 Å². The third-order valence-corrected chi connectivity index (χ3v) is 5.39. The minimum Gasteiger partial charge on any atom is -0.506 e. The number of hydrogen-bond acceptors (Lipinski definition) is 7. The predicted octanol–water partition coefficient (Wildman–Crippen LogP) is 5.09. The lowest BCUT2D eigenvalue weighted by molar-refractivity contribution is -0.275. The molecule has 0 bridgehead atoms. The number of rotatable bonds is 7. The molecule has 194 valence electrons.